The molecule has 1 aliphatic carbocycles. The van der Waals surface area contributed by atoms with Gasteiger partial charge >= 0.3 is 0 Å². The largest absolute Gasteiger partial charge is 0.386 e. The topological polar surface area (TPSA) is 52.6 Å². The molecule has 0 spiro atoms. The van der Waals surface area contributed by atoms with Crippen LogP contribution < -0.4 is 5.32 Å². The molecule has 2 fully saturated rings. The van der Waals surface area contributed by atoms with E-state index in [9.17, 15) is 23.1 Å². The zero-order valence-corrected chi connectivity index (χ0v) is 21.4. The van der Waals surface area contributed by atoms with Gasteiger partial charge in [0, 0.05) is 3.57 Å². The smallest absolute Gasteiger partial charge is 0.256 e. The summed E-state index contributed by atoms with van der Waals surface area (Å²) in [5.74, 6) is -2.33. The first-order valence-electron chi connectivity index (χ1n) is 11.9. The highest BCUT2D eigenvalue weighted by molar-refractivity contribution is 14.1. The van der Waals surface area contributed by atoms with Gasteiger partial charge in [0.1, 0.15) is 5.82 Å². The molecule has 2 aromatic carbocycles. The van der Waals surface area contributed by atoms with E-state index in [-0.39, 0.29) is 24.3 Å². The number of nitrogens with zero attached hydrogens (tertiary/aromatic N) is 1. The lowest BCUT2D eigenvalue weighted by Gasteiger charge is -2.47. The summed E-state index contributed by atoms with van der Waals surface area (Å²) in [5.41, 5.74) is -1.54. The number of halogens is 4. The van der Waals surface area contributed by atoms with Crippen LogP contribution in [0.4, 0.5) is 24.5 Å². The second-order valence-corrected chi connectivity index (χ2v) is 11.1. The molecule has 1 amide bonds. The van der Waals surface area contributed by atoms with Crippen molar-refractivity contribution in [1.82, 2.24) is 4.90 Å². The highest BCUT2D eigenvalue weighted by Gasteiger charge is 2.44. The van der Waals surface area contributed by atoms with Crippen LogP contribution in [-0.2, 0) is 0 Å². The Hall–Kier alpha value is -1.81. The number of β-amino-alcohol motifs (C(OH)–C–C–N with tert-alkyl or cyclic N) is 1. The maximum absolute atomic E-state index is 14.7. The van der Waals surface area contributed by atoms with Crippen molar-refractivity contribution < 1.29 is 23.1 Å². The fourth-order valence-electron chi connectivity index (χ4n) is 5.15. The van der Waals surface area contributed by atoms with E-state index in [2.05, 4.69) is 12.2 Å². The minimum Gasteiger partial charge on any atom is -0.386 e. The van der Waals surface area contributed by atoms with E-state index in [1.165, 1.54) is 55.2 Å². The molecule has 4 rings (SSSR count). The molecule has 2 aliphatic rings. The zero-order chi connectivity index (χ0) is 24.5. The first-order chi connectivity index (χ1) is 16.2. The van der Waals surface area contributed by atoms with Crippen molar-refractivity contribution in [2.75, 3.05) is 18.4 Å². The Kier molecular flexibility index (Phi) is 7.76. The van der Waals surface area contributed by atoms with Crippen molar-refractivity contribution >= 4 is 39.9 Å². The maximum Gasteiger partial charge on any atom is 0.256 e. The third kappa shape index (κ3) is 5.53. The highest BCUT2D eigenvalue weighted by atomic mass is 127. The van der Waals surface area contributed by atoms with Crippen LogP contribution in [0, 0.1) is 32.9 Å². The number of carbonyl (C=O) groups excluding carboxylic acids is 1. The molecule has 1 aliphatic heterocycles. The van der Waals surface area contributed by atoms with Crippen LogP contribution >= 0.6 is 22.6 Å². The van der Waals surface area contributed by atoms with Crippen molar-refractivity contribution in [3.05, 3.63) is 56.9 Å². The molecule has 1 heterocycles. The van der Waals surface area contributed by atoms with E-state index in [0.717, 1.165) is 12.5 Å². The first-order valence-corrected chi connectivity index (χ1v) is 13.0. The van der Waals surface area contributed by atoms with Gasteiger partial charge in [0.05, 0.1) is 35.6 Å². The molecule has 34 heavy (non-hydrogen) atoms. The minimum atomic E-state index is -1.25. The summed E-state index contributed by atoms with van der Waals surface area (Å²) in [6.45, 7) is 2.52. The molecule has 1 atom stereocenters. The highest BCUT2D eigenvalue weighted by Crippen LogP contribution is 2.36. The summed E-state index contributed by atoms with van der Waals surface area (Å²) in [5, 5.41) is 13.5. The second-order valence-electron chi connectivity index (χ2n) is 9.83. The summed E-state index contributed by atoms with van der Waals surface area (Å²) in [4.78, 5) is 14.5. The third-order valence-corrected chi connectivity index (χ3v) is 7.96. The summed E-state index contributed by atoms with van der Waals surface area (Å²) >= 11 is 1.94. The normalized spacial score (nSPS) is 18.9. The average Bonchev–Trinajstić information content (AvgIpc) is 2.80. The van der Waals surface area contributed by atoms with Crippen molar-refractivity contribution in [3.63, 3.8) is 0 Å². The number of aliphatic hydroxyl groups is 1. The molecule has 1 unspecified atom stereocenters. The van der Waals surface area contributed by atoms with Gasteiger partial charge in [-0.15, -0.1) is 0 Å². The number of likely N-dealkylation sites (tertiary alicyclic amines) is 1. The average molecular weight is 586 g/mol. The molecule has 0 radical (unpaired) electrons. The van der Waals surface area contributed by atoms with Gasteiger partial charge in [-0.2, -0.15) is 0 Å². The van der Waals surface area contributed by atoms with Gasteiger partial charge in [-0.25, -0.2) is 13.2 Å². The maximum atomic E-state index is 14.7. The molecule has 2 N–H and O–H groups in total. The number of benzene rings is 2. The van der Waals surface area contributed by atoms with Crippen LogP contribution in [0.3, 0.4) is 0 Å². The van der Waals surface area contributed by atoms with E-state index in [1.807, 2.05) is 22.6 Å². The van der Waals surface area contributed by atoms with Crippen LogP contribution in [0.2, 0.25) is 0 Å². The van der Waals surface area contributed by atoms with Crippen LogP contribution in [0.15, 0.2) is 30.3 Å². The van der Waals surface area contributed by atoms with Crippen LogP contribution in [0.25, 0.3) is 0 Å². The quantitative estimate of drug-likeness (QED) is 0.358. The number of rotatable bonds is 7. The number of amides is 1. The summed E-state index contributed by atoms with van der Waals surface area (Å²) in [6, 6.07) is 6.36. The molecule has 4 nitrogen and oxygen atoms in total. The summed E-state index contributed by atoms with van der Waals surface area (Å²) in [6.07, 6.45) is 7.85. The minimum absolute atomic E-state index is 0.0595. The Morgan fingerprint density at radius 2 is 1.85 bits per heavy atom. The number of carbonyl (C=O) groups is 1. The van der Waals surface area contributed by atoms with Crippen LogP contribution in [0.1, 0.15) is 62.2 Å². The fraction of sp³-hybridized carbons (Fsp3) is 0.500. The summed E-state index contributed by atoms with van der Waals surface area (Å²) < 4.78 is 43.6. The van der Waals surface area contributed by atoms with Crippen LogP contribution in [0.5, 0.6) is 0 Å². The molecular formula is C26H30F3IN2O2. The van der Waals surface area contributed by atoms with E-state index >= 15 is 0 Å². The molecule has 0 aromatic heterocycles. The predicted molar refractivity (Wildman–Crippen MR) is 135 cm³/mol. The molecule has 2 aromatic rings. The Bertz CT molecular complexity index is 1050. The van der Waals surface area contributed by atoms with Crippen molar-refractivity contribution in [2.24, 2.45) is 11.8 Å². The van der Waals surface area contributed by atoms with Gasteiger partial charge in [0.2, 0.25) is 0 Å². The van der Waals surface area contributed by atoms with Gasteiger partial charge in [0.15, 0.2) is 11.6 Å². The molecule has 184 valence electrons. The Morgan fingerprint density at radius 1 is 1.15 bits per heavy atom. The number of nitrogens with one attached hydrogen (secondary N) is 1. The van der Waals surface area contributed by atoms with E-state index in [0.29, 0.717) is 21.8 Å². The SMILES string of the molecule is CC(CCC1(O)CN(C(=O)c2ccc(F)c(F)c2Nc2ccc(I)cc2F)C1)C1CCCCC1. The number of anilines is 2. The van der Waals surface area contributed by atoms with Crippen LogP contribution in [-0.4, -0.2) is 34.6 Å². The third-order valence-electron chi connectivity index (χ3n) is 7.29. The monoisotopic (exact) mass is 586 g/mol. The second kappa shape index (κ2) is 10.4. The fourth-order valence-corrected chi connectivity index (χ4v) is 5.60. The van der Waals surface area contributed by atoms with Gasteiger partial charge < -0.3 is 15.3 Å². The zero-order valence-electron chi connectivity index (χ0n) is 19.2. The molecule has 1 saturated carbocycles. The lowest BCUT2D eigenvalue weighted by Crippen LogP contribution is -2.63. The van der Waals surface area contributed by atoms with Gasteiger partial charge in [0.25, 0.3) is 5.91 Å². The number of hydrogen-bond acceptors (Lipinski definition) is 3. The van der Waals surface area contributed by atoms with E-state index in [4.69, 9.17) is 0 Å². The molecule has 8 heteroatoms. The molecule has 1 saturated heterocycles. The predicted octanol–water partition coefficient (Wildman–Crippen LogP) is 6.64. The Balaban J connectivity index is 1.43. The van der Waals surface area contributed by atoms with Gasteiger partial charge in [-0.3, -0.25) is 4.79 Å². The van der Waals surface area contributed by atoms with E-state index < -0.39 is 34.6 Å². The van der Waals surface area contributed by atoms with Gasteiger partial charge in [-0.05, 0) is 77.6 Å². The Labute approximate surface area is 212 Å². The Morgan fingerprint density at radius 3 is 2.53 bits per heavy atom. The number of hydrogen-bond donors (Lipinski definition) is 2. The van der Waals surface area contributed by atoms with Crippen molar-refractivity contribution in [1.29, 1.82) is 0 Å². The molecular weight excluding hydrogens is 556 g/mol. The van der Waals surface area contributed by atoms with Gasteiger partial charge in [-0.1, -0.05) is 39.0 Å². The summed E-state index contributed by atoms with van der Waals surface area (Å²) in [7, 11) is 0. The van der Waals surface area contributed by atoms with E-state index in [1.54, 1.807) is 6.07 Å². The lowest BCUT2D eigenvalue weighted by molar-refractivity contribution is -0.0895. The standard InChI is InChI=1S/C26H30F3IN2O2/c1-16(17-5-3-2-4-6-17)11-12-26(34)14-32(15-26)25(33)19-8-9-20(27)23(29)24(19)31-22-10-7-18(30)13-21(22)28/h7-10,13,16-17,31,34H,2-6,11-12,14-15H2,1H3. The van der Waals surface area contributed by atoms with Crippen molar-refractivity contribution in [3.8, 4) is 0 Å². The van der Waals surface area contributed by atoms with Crippen molar-refractivity contribution in [2.45, 2.75) is 57.5 Å². The lowest BCUT2D eigenvalue weighted by atomic mass is 9.76. The first kappa shape index (κ1) is 25.3. The molecule has 0 bridgehead atoms.